The van der Waals surface area contributed by atoms with E-state index in [2.05, 4.69) is 13.5 Å². The van der Waals surface area contributed by atoms with Gasteiger partial charge in [0, 0.05) is 0 Å². The molecule has 0 aromatic rings. The van der Waals surface area contributed by atoms with E-state index in [9.17, 15) is 0 Å². The molecule has 0 fully saturated rings. The molecule has 0 aliphatic carbocycles. The van der Waals surface area contributed by atoms with Crippen LogP contribution < -0.4 is 5.50 Å². The van der Waals surface area contributed by atoms with Crippen molar-refractivity contribution in [2.75, 3.05) is 0 Å². The van der Waals surface area contributed by atoms with Gasteiger partial charge >= 0.3 is 0 Å². The maximum Gasteiger partial charge on any atom is 0.161 e. The molecule has 1 rings (SSSR count). The van der Waals surface area contributed by atoms with Crippen LogP contribution in [0.2, 0.25) is 0 Å². The maximum absolute atomic E-state index is 5.33. The number of nitrogens with two attached hydrogens (primary N) is 1. The predicted molar refractivity (Wildman–Crippen MR) is 33.6 cm³/mol. The third-order valence-electron chi connectivity index (χ3n) is 0.374. The molecular formula is H3N4P3. The van der Waals surface area contributed by atoms with Crippen LogP contribution in [0.25, 0.3) is 0 Å². The highest BCUT2D eigenvalue weighted by molar-refractivity contribution is 7.57. The van der Waals surface area contributed by atoms with Gasteiger partial charge in [-0.25, -0.2) is 0 Å². The first-order chi connectivity index (χ1) is 3.39. The summed E-state index contributed by atoms with van der Waals surface area (Å²) in [6.45, 7) is 0. The topological polar surface area (TPSA) is 63.1 Å². The van der Waals surface area contributed by atoms with Crippen molar-refractivity contribution in [2.24, 2.45) is 19.1 Å². The summed E-state index contributed by atoms with van der Waals surface area (Å²) in [6.07, 6.45) is 0. The molecule has 1 unspecified atom stereocenters. The Morgan fingerprint density at radius 1 is 1.43 bits per heavy atom. The molecule has 2 N–H and O–H groups in total. The highest BCUT2D eigenvalue weighted by Gasteiger charge is 1.82. The number of hydrogen-bond acceptors (Lipinski definition) is 4. The summed E-state index contributed by atoms with van der Waals surface area (Å²) in [7, 11) is 0.352. The minimum atomic E-state index is -1.16. The second-order valence-corrected chi connectivity index (χ2v) is 4.22. The standard InChI is InChI=1S/H3N4P3/c1-7-3-5-2-6-4-7/h7H,(H2,1,2,3,4). The SMILES string of the molecule is N[PH]1=NP=NP=N1. The minimum Gasteiger partial charge on any atom is -0.281 e. The summed E-state index contributed by atoms with van der Waals surface area (Å²) in [6, 6.07) is 0. The van der Waals surface area contributed by atoms with Crippen LogP contribution in [0, 0.1) is 0 Å². The van der Waals surface area contributed by atoms with E-state index >= 15 is 0 Å². The van der Waals surface area contributed by atoms with E-state index in [4.69, 9.17) is 5.50 Å². The minimum absolute atomic E-state index is 0.757. The van der Waals surface area contributed by atoms with Crippen LogP contribution in [-0.4, -0.2) is 0 Å². The average Bonchev–Trinajstić information content (AvgIpc) is 1.69. The van der Waals surface area contributed by atoms with E-state index in [-0.39, 0.29) is 0 Å². The van der Waals surface area contributed by atoms with Gasteiger partial charge in [-0.3, -0.25) is 5.50 Å². The van der Waals surface area contributed by atoms with Crippen molar-refractivity contribution in [3.63, 3.8) is 0 Å². The largest absolute Gasteiger partial charge is 0.281 e. The van der Waals surface area contributed by atoms with E-state index in [1.807, 2.05) is 0 Å². The van der Waals surface area contributed by atoms with Gasteiger partial charge in [0.2, 0.25) is 0 Å². The lowest BCUT2D eigenvalue weighted by Crippen LogP contribution is -1.68. The summed E-state index contributed by atoms with van der Waals surface area (Å²) in [4.78, 5) is 0. The van der Waals surface area contributed by atoms with Crippen molar-refractivity contribution in [1.82, 2.24) is 0 Å². The van der Waals surface area contributed by atoms with E-state index in [0.717, 1.165) is 17.0 Å². The second-order valence-electron chi connectivity index (χ2n) is 0.827. The highest BCUT2D eigenvalue weighted by atomic mass is 31.2. The zero-order valence-electron chi connectivity index (χ0n) is 3.31. The van der Waals surface area contributed by atoms with Crippen molar-refractivity contribution in [3.05, 3.63) is 0 Å². The molecule has 0 spiro atoms. The lowest BCUT2D eigenvalue weighted by Gasteiger charge is -1.87. The molecular weight excluding hydrogens is 149 g/mol. The Morgan fingerprint density at radius 2 is 2.29 bits per heavy atom. The summed E-state index contributed by atoms with van der Waals surface area (Å²) < 4.78 is 11.5. The molecule has 1 aliphatic heterocycles. The molecule has 0 amide bonds. The molecule has 38 valence electrons. The molecule has 0 aromatic carbocycles. The van der Waals surface area contributed by atoms with Crippen molar-refractivity contribution >= 4 is 25.1 Å². The first kappa shape index (κ1) is 5.53. The third-order valence-corrected chi connectivity index (χ3v) is 3.37. The predicted octanol–water partition coefficient (Wildman–Crippen LogP) is 2.28. The maximum atomic E-state index is 5.33. The monoisotopic (exact) mass is 152 g/mol. The van der Waals surface area contributed by atoms with E-state index in [0.29, 0.717) is 0 Å². The van der Waals surface area contributed by atoms with Crippen molar-refractivity contribution in [3.8, 4) is 0 Å². The molecule has 4 nitrogen and oxygen atoms in total. The lowest BCUT2D eigenvalue weighted by molar-refractivity contribution is 1.74. The fourth-order valence-electron chi connectivity index (χ4n) is 0.170. The lowest BCUT2D eigenvalue weighted by atomic mass is 13.8. The van der Waals surface area contributed by atoms with Gasteiger partial charge < -0.3 is 0 Å². The zero-order chi connectivity index (χ0) is 5.11. The average molecular weight is 152 g/mol. The van der Waals surface area contributed by atoms with Crippen molar-refractivity contribution in [2.45, 2.75) is 0 Å². The van der Waals surface area contributed by atoms with Crippen LogP contribution in [0.15, 0.2) is 13.5 Å². The summed E-state index contributed by atoms with van der Waals surface area (Å²) in [5, 5.41) is 0. The second kappa shape index (κ2) is 2.64. The highest BCUT2D eigenvalue weighted by Crippen LogP contribution is 2.34. The molecule has 0 radical (unpaired) electrons. The third kappa shape index (κ3) is 1.75. The van der Waals surface area contributed by atoms with Crippen LogP contribution in [0.4, 0.5) is 0 Å². The number of rotatable bonds is 0. The van der Waals surface area contributed by atoms with E-state index < -0.39 is 8.01 Å². The zero-order valence-corrected chi connectivity index (χ0v) is 6.10. The van der Waals surface area contributed by atoms with Gasteiger partial charge in [0.15, 0.2) is 17.0 Å². The summed E-state index contributed by atoms with van der Waals surface area (Å²) >= 11 is 0. The van der Waals surface area contributed by atoms with Crippen LogP contribution in [0.5, 0.6) is 0 Å². The Balaban J connectivity index is 2.82. The summed E-state index contributed by atoms with van der Waals surface area (Å²) in [5.41, 5.74) is 5.33. The Bertz CT molecular complexity index is 143. The van der Waals surface area contributed by atoms with Crippen molar-refractivity contribution in [1.29, 1.82) is 0 Å². The normalized spacial score (nSPS) is 31.9. The van der Waals surface area contributed by atoms with Crippen LogP contribution in [0.3, 0.4) is 0 Å². The molecule has 0 bridgehead atoms. The van der Waals surface area contributed by atoms with Crippen LogP contribution >= 0.6 is 25.1 Å². The van der Waals surface area contributed by atoms with Gasteiger partial charge in [-0.15, -0.1) is 0 Å². The Hall–Kier alpha value is 0.390. The molecule has 1 aliphatic rings. The first-order valence-electron chi connectivity index (χ1n) is 1.54. The van der Waals surface area contributed by atoms with Crippen LogP contribution in [0.1, 0.15) is 0 Å². The molecule has 1 heterocycles. The van der Waals surface area contributed by atoms with Crippen molar-refractivity contribution < 1.29 is 0 Å². The Morgan fingerprint density at radius 3 is 2.57 bits per heavy atom. The fourth-order valence-corrected chi connectivity index (χ4v) is 2.61. The van der Waals surface area contributed by atoms with Crippen LogP contribution in [-0.2, 0) is 0 Å². The quantitative estimate of drug-likeness (QED) is 0.531. The molecule has 0 saturated carbocycles. The van der Waals surface area contributed by atoms with Gasteiger partial charge in [0.1, 0.15) is 8.01 Å². The van der Waals surface area contributed by atoms with Gasteiger partial charge in [-0.05, 0) is 0 Å². The molecule has 1 atom stereocenters. The molecule has 0 aromatic heterocycles. The molecule has 7 heavy (non-hydrogen) atoms. The van der Waals surface area contributed by atoms with Gasteiger partial charge in [-0.1, -0.05) is 0 Å². The van der Waals surface area contributed by atoms with Gasteiger partial charge in [0.05, 0.1) is 0 Å². The summed E-state index contributed by atoms with van der Waals surface area (Å²) in [5.74, 6) is 0. The fraction of sp³-hybridized carbons (Fsp3) is 0. The first-order valence-corrected chi connectivity index (χ1v) is 4.61. The number of nitrogens with zero attached hydrogens (tertiary/aromatic N) is 3. The smallest absolute Gasteiger partial charge is 0.161 e. The van der Waals surface area contributed by atoms with Gasteiger partial charge in [-0.2, -0.15) is 13.5 Å². The Labute approximate surface area is 45.0 Å². The Kier molecular flexibility index (Phi) is 2.08. The van der Waals surface area contributed by atoms with E-state index in [1.165, 1.54) is 0 Å². The molecule has 7 heteroatoms. The molecule has 0 saturated heterocycles. The van der Waals surface area contributed by atoms with E-state index in [1.54, 1.807) is 0 Å². The van der Waals surface area contributed by atoms with Gasteiger partial charge in [0.25, 0.3) is 0 Å². The number of hydrogen-bond donors (Lipinski definition) is 1.